The molecule has 0 aromatic heterocycles. The Morgan fingerprint density at radius 3 is 2.10 bits per heavy atom. The lowest BCUT2D eigenvalue weighted by Crippen LogP contribution is -2.39. The van der Waals surface area contributed by atoms with E-state index in [0.717, 1.165) is 25.7 Å². The van der Waals surface area contributed by atoms with Crippen LogP contribution in [0.25, 0.3) is 0 Å². The monoisotopic (exact) mass is 438 g/mol. The summed E-state index contributed by atoms with van der Waals surface area (Å²) in [4.78, 5) is 0.248. The highest BCUT2D eigenvalue weighted by molar-refractivity contribution is 9.11. The van der Waals surface area contributed by atoms with Crippen molar-refractivity contribution in [1.29, 1.82) is 0 Å². The number of nitrogens with zero attached hydrogens (tertiary/aromatic N) is 1. The smallest absolute Gasteiger partial charge is 0.245 e. The van der Waals surface area contributed by atoms with Crippen LogP contribution < -0.4 is 5.73 Å². The molecule has 21 heavy (non-hydrogen) atoms. The molecule has 0 atom stereocenters. The van der Waals surface area contributed by atoms with Gasteiger partial charge in [0.05, 0.1) is 0 Å². The number of rotatable bonds is 3. The quantitative estimate of drug-likeness (QED) is 0.724. The van der Waals surface area contributed by atoms with E-state index >= 15 is 0 Å². The lowest BCUT2D eigenvalue weighted by molar-refractivity contribution is 0.246. The zero-order chi connectivity index (χ0) is 15.8. The van der Waals surface area contributed by atoms with E-state index in [4.69, 9.17) is 5.73 Å². The lowest BCUT2D eigenvalue weighted by atomic mass is 9.87. The second-order valence-electron chi connectivity index (χ2n) is 5.75. The van der Waals surface area contributed by atoms with Crippen molar-refractivity contribution in [2.45, 2.75) is 43.5 Å². The molecular weight excluding hydrogens is 420 g/mol. The zero-order valence-corrected chi connectivity index (χ0v) is 16.1. The minimum absolute atomic E-state index is 0.0718. The molecule has 0 saturated heterocycles. The number of sulfonamides is 1. The minimum Gasteiger partial charge on any atom is -0.399 e. The molecule has 2 N–H and O–H groups in total. The van der Waals surface area contributed by atoms with Crippen LogP contribution in [0.5, 0.6) is 0 Å². The van der Waals surface area contributed by atoms with Gasteiger partial charge in [-0.3, -0.25) is 0 Å². The highest BCUT2D eigenvalue weighted by atomic mass is 79.9. The Morgan fingerprint density at radius 1 is 1.14 bits per heavy atom. The maximum Gasteiger partial charge on any atom is 0.245 e. The van der Waals surface area contributed by atoms with Crippen LogP contribution in [0.3, 0.4) is 0 Å². The first kappa shape index (κ1) is 17.2. The van der Waals surface area contributed by atoms with Crippen LogP contribution in [0, 0.1) is 5.92 Å². The first-order chi connectivity index (χ1) is 9.73. The second-order valence-corrected chi connectivity index (χ2v) is 9.39. The van der Waals surface area contributed by atoms with Crippen LogP contribution in [-0.4, -0.2) is 25.8 Å². The topological polar surface area (TPSA) is 63.4 Å². The Balaban J connectivity index is 2.34. The van der Waals surface area contributed by atoms with E-state index < -0.39 is 10.0 Å². The van der Waals surface area contributed by atoms with Gasteiger partial charge in [-0.05, 0) is 75.6 Å². The van der Waals surface area contributed by atoms with Crippen molar-refractivity contribution in [1.82, 2.24) is 4.31 Å². The number of nitrogens with two attached hydrogens (primary N) is 1. The number of benzene rings is 1. The summed E-state index contributed by atoms with van der Waals surface area (Å²) in [5.41, 5.74) is 6.25. The number of anilines is 1. The molecule has 0 aliphatic heterocycles. The van der Waals surface area contributed by atoms with Gasteiger partial charge in [-0.1, -0.05) is 6.92 Å². The summed E-state index contributed by atoms with van der Waals surface area (Å²) < 4.78 is 28.3. The third kappa shape index (κ3) is 3.63. The molecule has 118 valence electrons. The lowest BCUT2D eigenvalue weighted by Gasteiger charge is -2.33. The fraction of sp³-hybridized carbons (Fsp3) is 0.571. The normalized spacial score (nSPS) is 23.5. The predicted octanol–water partition coefficient (Wildman–Crippen LogP) is 3.99. The molecule has 0 spiro atoms. The molecule has 1 saturated carbocycles. The van der Waals surface area contributed by atoms with Gasteiger partial charge in [0, 0.05) is 27.7 Å². The molecule has 1 fully saturated rings. The molecule has 0 amide bonds. The Labute approximate surface area is 143 Å². The van der Waals surface area contributed by atoms with Crippen molar-refractivity contribution in [2.24, 2.45) is 5.92 Å². The summed E-state index contributed by atoms with van der Waals surface area (Å²) in [5, 5.41) is 0. The average molecular weight is 440 g/mol. The summed E-state index contributed by atoms with van der Waals surface area (Å²) in [6.07, 6.45) is 3.99. The Morgan fingerprint density at radius 2 is 1.62 bits per heavy atom. The van der Waals surface area contributed by atoms with Crippen molar-refractivity contribution in [3.63, 3.8) is 0 Å². The van der Waals surface area contributed by atoms with Gasteiger partial charge in [0.15, 0.2) is 0 Å². The van der Waals surface area contributed by atoms with Gasteiger partial charge in [-0.15, -0.1) is 0 Å². The van der Waals surface area contributed by atoms with Gasteiger partial charge in [0.25, 0.3) is 0 Å². The van der Waals surface area contributed by atoms with Crippen LogP contribution in [0.4, 0.5) is 5.69 Å². The first-order valence-electron chi connectivity index (χ1n) is 6.96. The summed E-state index contributed by atoms with van der Waals surface area (Å²) in [5.74, 6) is 0.687. The van der Waals surface area contributed by atoms with E-state index in [1.165, 1.54) is 4.31 Å². The van der Waals surface area contributed by atoms with Crippen molar-refractivity contribution >= 4 is 47.6 Å². The Bertz CT molecular complexity index is 603. The Kier molecular flexibility index (Phi) is 5.39. The van der Waals surface area contributed by atoms with Gasteiger partial charge >= 0.3 is 0 Å². The number of halogens is 2. The van der Waals surface area contributed by atoms with Crippen LogP contribution in [-0.2, 0) is 10.0 Å². The first-order valence-corrected chi connectivity index (χ1v) is 9.98. The van der Waals surface area contributed by atoms with Crippen LogP contribution in [0.15, 0.2) is 26.0 Å². The van der Waals surface area contributed by atoms with Gasteiger partial charge in [-0.2, -0.15) is 4.31 Å². The molecule has 1 aliphatic rings. The molecule has 4 nitrogen and oxygen atoms in total. The molecular formula is C14H20Br2N2O2S. The summed E-state index contributed by atoms with van der Waals surface area (Å²) in [7, 11) is -1.88. The molecule has 0 unspecified atom stereocenters. The Hall–Kier alpha value is -0.110. The standard InChI is InChI=1S/C14H20Br2N2O2S/c1-9-3-5-11(6-4-9)18(2)21(19,20)14-12(15)7-10(17)8-13(14)16/h7-9,11H,3-6,17H2,1-2H3. The molecule has 0 bridgehead atoms. The van der Waals surface area contributed by atoms with Crippen molar-refractivity contribution in [3.8, 4) is 0 Å². The van der Waals surface area contributed by atoms with Crippen LogP contribution in [0.1, 0.15) is 32.6 Å². The third-order valence-electron chi connectivity index (χ3n) is 4.16. The fourth-order valence-corrected chi connectivity index (χ4v) is 6.72. The molecule has 2 rings (SSSR count). The molecule has 1 aromatic rings. The summed E-state index contributed by atoms with van der Waals surface area (Å²) in [6, 6.07) is 3.31. The number of hydrogen-bond acceptors (Lipinski definition) is 3. The molecule has 1 aromatic carbocycles. The molecule has 7 heteroatoms. The van der Waals surface area contributed by atoms with E-state index in [0.29, 0.717) is 20.6 Å². The van der Waals surface area contributed by atoms with Gasteiger partial charge in [-0.25, -0.2) is 8.42 Å². The minimum atomic E-state index is -3.55. The van der Waals surface area contributed by atoms with Gasteiger partial charge in [0.1, 0.15) is 4.90 Å². The summed E-state index contributed by atoms with van der Waals surface area (Å²) >= 11 is 6.64. The number of nitrogen functional groups attached to an aromatic ring is 1. The van der Waals surface area contributed by atoms with Crippen molar-refractivity contribution in [3.05, 3.63) is 21.1 Å². The van der Waals surface area contributed by atoms with E-state index in [2.05, 4.69) is 38.8 Å². The van der Waals surface area contributed by atoms with Gasteiger partial charge in [0.2, 0.25) is 10.0 Å². The zero-order valence-electron chi connectivity index (χ0n) is 12.1. The van der Waals surface area contributed by atoms with E-state index in [1.807, 2.05) is 0 Å². The highest BCUT2D eigenvalue weighted by Crippen LogP contribution is 2.36. The van der Waals surface area contributed by atoms with Gasteiger partial charge < -0.3 is 5.73 Å². The summed E-state index contributed by atoms with van der Waals surface area (Å²) in [6.45, 7) is 2.22. The highest BCUT2D eigenvalue weighted by Gasteiger charge is 2.33. The SMILES string of the molecule is CC1CCC(N(C)S(=O)(=O)c2c(Br)cc(N)cc2Br)CC1. The molecule has 1 aliphatic carbocycles. The maximum absolute atomic E-state index is 12.9. The third-order valence-corrected chi connectivity index (χ3v) is 7.95. The van der Waals surface area contributed by atoms with E-state index in [-0.39, 0.29) is 10.9 Å². The van der Waals surface area contributed by atoms with Crippen molar-refractivity contribution in [2.75, 3.05) is 12.8 Å². The van der Waals surface area contributed by atoms with E-state index in [1.54, 1.807) is 19.2 Å². The second kappa shape index (κ2) is 6.56. The van der Waals surface area contributed by atoms with Crippen LogP contribution in [0.2, 0.25) is 0 Å². The van der Waals surface area contributed by atoms with Crippen LogP contribution >= 0.6 is 31.9 Å². The van der Waals surface area contributed by atoms with E-state index in [9.17, 15) is 8.42 Å². The predicted molar refractivity (Wildman–Crippen MR) is 92.6 cm³/mol. The molecule has 0 radical (unpaired) electrons. The molecule has 0 heterocycles. The van der Waals surface area contributed by atoms with Crippen molar-refractivity contribution < 1.29 is 8.42 Å². The average Bonchev–Trinajstić information content (AvgIpc) is 2.37. The number of hydrogen-bond donors (Lipinski definition) is 1. The maximum atomic E-state index is 12.9. The largest absolute Gasteiger partial charge is 0.399 e. The fourth-order valence-electron chi connectivity index (χ4n) is 2.77.